The number of hydrogen-bond donors (Lipinski definition) is 0. The standard InChI is InChI=1S/C24H22BFO3/c1-23(2)24(3,4)29-25(28-23)19-12-16(15-8-6-5-7-9-15)13-21-22(19)18-11-10-17(26)14-20(18)27-21/h5-14H,1-4H3. The van der Waals surface area contributed by atoms with Crippen LogP contribution in [0.15, 0.2) is 65.1 Å². The maximum Gasteiger partial charge on any atom is 0.495 e. The minimum Gasteiger partial charge on any atom is -0.456 e. The first-order chi connectivity index (χ1) is 13.7. The highest BCUT2D eigenvalue weighted by molar-refractivity contribution is 6.66. The van der Waals surface area contributed by atoms with Crippen molar-refractivity contribution in [2.24, 2.45) is 0 Å². The number of furan rings is 1. The van der Waals surface area contributed by atoms with Crippen LogP contribution in [0.2, 0.25) is 0 Å². The van der Waals surface area contributed by atoms with Crippen LogP contribution in [0.3, 0.4) is 0 Å². The van der Waals surface area contributed by atoms with E-state index < -0.39 is 18.3 Å². The van der Waals surface area contributed by atoms with Crippen LogP contribution in [0.4, 0.5) is 4.39 Å². The fraction of sp³-hybridized carbons (Fsp3) is 0.250. The van der Waals surface area contributed by atoms with Crippen molar-refractivity contribution in [3.05, 3.63) is 66.5 Å². The van der Waals surface area contributed by atoms with Crippen LogP contribution >= 0.6 is 0 Å². The molecule has 2 heterocycles. The van der Waals surface area contributed by atoms with Crippen LogP contribution < -0.4 is 5.46 Å². The van der Waals surface area contributed by atoms with Crippen LogP contribution in [-0.2, 0) is 9.31 Å². The van der Waals surface area contributed by atoms with E-state index in [1.54, 1.807) is 6.07 Å². The Morgan fingerprint density at radius 1 is 0.759 bits per heavy atom. The topological polar surface area (TPSA) is 31.6 Å². The van der Waals surface area contributed by atoms with E-state index in [-0.39, 0.29) is 5.82 Å². The zero-order valence-corrected chi connectivity index (χ0v) is 17.0. The first-order valence-electron chi connectivity index (χ1n) is 9.82. The molecule has 5 rings (SSSR count). The Balaban J connectivity index is 1.79. The van der Waals surface area contributed by atoms with Gasteiger partial charge in [0.25, 0.3) is 0 Å². The van der Waals surface area contributed by atoms with Crippen molar-refractivity contribution in [3.63, 3.8) is 0 Å². The molecular weight excluding hydrogens is 366 g/mol. The van der Waals surface area contributed by atoms with Gasteiger partial charge in [0.15, 0.2) is 0 Å². The molecule has 0 aliphatic carbocycles. The molecule has 4 aromatic rings. The minimum absolute atomic E-state index is 0.322. The van der Waals surface area contributed by atoms with E-state index in [1.165, 1.54) is 12.1 Å². The van der Waals surface area contributed by atoms with E-state index in [0.29, 0.717) is 11.2 Å². The van der Waals surface area contributed by atoms with Gasteiger partial charge in [-0.2, -0.15) is 0 Å². The Morgan fingerprint density at radius 3 is 2.14 bits per heavy atom. The second-order valence-electron chi connectivity index (χ2n) is 8.64. The van der Waals surface area contributed by atoms with Crippen molar-refractivity contribution in [3.8, 4) is 11.1 Å². The lowest BCUT2D eigenvalue weighted by atomic mass is 9.75. The highest BCUT2D eigenvalue weighted by Crippen LogP contribution is 2.39. The molecule has 0 atom stereocenters. The fourth-order valence-corrected chi connectivity index (χ4v) is 3.86. The Kier molecular flexibility index (Phi) is 3.93. The number of rotatable bonds is 2. The first-order valence-corrected chi connectivity index (χ1v) is 9.82. The molecule has 0 spiro atoms. The monoisotopic (exact) mass is 388 g/mol. The Labute approximate surface area is 169 Å². The summed E-state index contributed by atoms with van der Waals surface area (Å²) in [4.78, 5) is 0. The smallest absolute Gasteiger partial charge is 0.456 e. The summed E-state index contributed by atoms with van der Waals surface area (Å²) in [6, 6.07) is 18.8. The predicted molar refractivity (Wildman–Crippen MR) is 115 cm³/mol. The summed E-state index contributed by atoms with van der Waals surface area (Å²) in [5.41, 5.74) is 3.25. The largest absolute Gasteiger partial charge is 0.495 e. The summed E-state index contributed by atoms with van der Waals surface area (Å²) in [6.07, 6.45) is 0. The molecule has 3 aromatic carbocycles. The van der Waals surface area contributed by atoms with E-state index in [1.807, 2.05) is 52.0 Å². The summed E-state index contributed by atoms with van der Waals surface area (Å²) >= 11 is 0. The van der Waals surface area contributed by atoms with Crippen molar-refractivity contribution >= 4 is 34.5 Å². The SMILES string of the molecule is CC1(C)OB(c2cc(-c3ccccc3)cc3oc4cc(F)ccc4c23)OC1(C)C. The lowest BCUT2D eigenvalue weighted by molar-refractivity contribution is 0.00578. The molecule has 1 fully saturated rings. The summed E-state index contributed by atoms with van der Waals surface area (Å²) in [5.74, 6) is -0.322. The van der Waals surface area contributed by atoms with Crippen LogP contribution in [0, 0.1) is 5.82 Å². The van der Waals surface area contributed by atoms with Crippen molar-refractivity contribution in [1.82, 2.24) is 0 Å². The Morgan fingerprint density at radius 2 is 1.45 bits per heavy atom. The third-order valence-corrected chi connectivity index (χ3v) is 6.18. The lowest BCUT2D eigenvalue weighted by Gasteiger charge is -2.32. The Hall–Kier alpha value is -2.63. The van der Waals surface area contributed by atoms with Gasteiger partial charge in [-0.3, -0.25) is 0 Å². The minimum atomic E-state index is -0.544. The first kappa shape index (κ1) is 18.4. The van der Waals surface area contributed by atoms with Gasteiger partial charge in [-0.25, -0.2) is 4.39 Å². The molecule has 146 valence electrons. The van der Waals surface area contributed by atoms with Crippen LogP contribution in [0.5, 0.6) is 0 Å². The van der Waals surface area contributed by atoms with Gasteiger partial charge < -0.3 is 13.7 Å². The normalized spacial score (nSPS) is 18.0. The predicted octanol–water partition coefficient (Wildman–Crippen LogP) is 5.69. The summed E-state index contributed by atoms with van der Waals surface area (Å²) in [6.45, 7) is 8.14. The van der Waals surface area contributed by atoms with Crippen molar-refractivity contribution in [1.29, 1.82) is 0 Å². The molecule has 29 heavy (non-hydrogen) atoms. The molecule has 1 aliphatic rings. The molecule has 1 aromatic heterocycles. The number of hydrogen-bond acceptors (Lipinski definition) is 3. The molecule has 1 aliphatic heterocycles. The van der Waals surface area contributed by atoms with Crippen LogP contribution in [0.1, 0.15) is 27.7 Å². The molecule has 5 heteroatoms. The van der Waals surface area contributed by atoms with Crippen molar-refractivity contribution in [2.75, 3.05) is 0 Å². The quantitative estimate of drug-likeness (QED) is 0.414. The van der Waals surface area contributed by atoms with Gasteiger partial charge in [-0.15, -0.1) is 0 Å². The van der Waals surface area contributed by atoms with Crippen LogP contribution in [-0.4, -0.2) is 18.3 Å². The van der Waals surface area contributed by atoms with Crippen molar-refractivity contribution in [2.45, 2.75) is 38.9 Å². The molecule has 1 saturated heterocycles. The molecular formula is C24H22BFO3. The molecule has 0 saturated carbocycles. The molecule has 0 radical (unpaired) electrons. The third-order valence-electron chi connectivity index (χ3n) is 6.18. The summed E-state index contributed by atoms with van der Waals surface area (Å²) in [5, 5.41) is 1.75. The average molecular weight is 388 g/mol. The van der Waals surface area contributed by atoms with Crippen LogP contribution in [0.25, 0.3) is 33.1 Å². The van der Waals surface area contributed by atoms with E-state index in [0.717, 1.165) is 27.4 Å². The highest BCUT2D eigenvalue weighted by atomic mass is 19.1. The summed E-state index contributed by atoms with van der Waals surface area (Å²) in [7, 11) is -0.544. The zero-order valence-electron chi connectivity index (χ0n) is 17.0. The molecule has 0 unspecified atom stereocenters. The highest BCUT2D eigenvalue weighted by Gasteiger charge is 2.52. The third kappa shape index (κ3) is 2.88. The Bertz CT molecular complexity index is 1210. The van der Waals surface area contributed by atoms with Gasteiger partial charge in [0.05, 0.1) is 11.2 Å². The van der Waals surface area contributed by atoms with Gasteiger partial charge >= 0.3 is 7.12 Å². The average Bonchev–Trinajstić information content (AvgIpc) is 3.14. The van der Waals surface area contributed by atoms with Gasteiger partial charge in [0, 0.05) is 16.8 Å². The maximum atomic E-state index is 13.8. The van der Waals surface area contributed by atoms with E-state index in [4.69, 9.17) is 13.7 Å². The second-order valence-corrected chi connectivity index (χ2v) is 8.64. The van der Waals surface area contributed by atoms with Gasteiger partial charge in [-0.1, -0.05) is 36.4 Å². The molecule has 3 nitrogen and oxygen atoms in total. The number of fused-ring (bicyclic) bond motifs is 3. The molecule has 0 bridgehead atoms. The lowest BCUT2D eigenvalue weighted by Crippen LogP contribution is -2.41. The molecule has 0 N–H and O–H groups in total. The second kappa shape index (κ2) is 6.18. The zero-order chi connectivity index (χ0) is 20.4. The van der Waals surface area contributed by atoms with E-state index in [9.17, 15) is 4.39 Å². The summed E-state index contributed by atoms with van der Waals surface area (Å²) < 4.78 is 32.6. The molecule has 0 amide bonds. The van der Waals surface area contributed by atoms with Gasteiger partial charge in [0.2, 0.25) is 0 Å². The number of benzene rings is 3. The van der Waals surface area contributed by atoms with E-state index >= 15 is 0 Å². The number of halogens is 1. The van der Waals surface area contributed by atoms with E-state index in [2.05, 4.69) is 18.2 Å². The van der Waals surface area contributed by atoms with Gasteiger partial charge in [-0.05, 0) is 62.5 Å². The maximum absolute atomic E-state index is 13.8. The van der Waals surface area contributed by atoms with Crippen molar-refractivity contribution < 1.29 is 18.1 Å². The fourth-order valence-electron chi connectivity index (χ4n) is 3.86. The van der Waals surface area contributed by atoms with Gasteiger partial charge in [0.1, 0.15) is 17.0 Å².